The zero-order chi connectivity index (χ0) is 13.8. The van der Waals surface area contributed by atoms with E-state index in [0.29, 0.717) is 24.5 Å². The fraction of sp³-hybridized carbons (Fsp3) is 0.462. The maximum Gasteiger partial charge on any atom is 0.303 e. The summed E-state index contributed by atoms with van der Waals surface area (Å²) in [5.74, 6) is -0.745. The van der Waals surface area contributed by atoms with Crippen LogP contribution in [0.4, 0.5) is 5.69 Å². The molecule has 1 saturated heterocycles. The van der Waals surface area contributed by atoms with Gasteiger partial charge in [-0.25, -0.2) is 0 Å². The summed E-state index contributed by atoms with van der Waals surface area (Å²) in [6.45, 7) is 1.16. The van der Waals surface area contributed by atoms with Crippen molar-refractivity contribution < 1.29 is 14.7 Å². The van der Waals surface area contributed by atoms with Crippen LogP contribution in [0.3, 0.4) is 0 Å². The molecule has 6 heteroatoms. The Morgan fingerprint density at radius 3 is 2.89 bits per heavy atom. The standard InChI is InChI=1S/C13H17N3O3/c14-10-1-2-11(15-7-10)6-12(17)16-4-3-9(8-16)5-13(18)19/h1-2,7,9H,3-6,8,14H2,(H,18,19). The molecule has 1 aromatic heterocycles. The van der Waals surface area contributed by atoms with E-state index in [1.165, 1.54) is 6.20 Å². The molecule has 1 unspecified atom stereocenters. The summed E-state index contributed by atoms with van der Waals surface area (Å²) in [6, 6.07) is 3.45. The molecule has 2 heterocycles. The minimum Gasteiger partial charge on any atom is -0.481 e. The zero-order valence-corrected chi connectivity index (χ0v) is 10.6. The van der Waals surface area contributed by atoms with Gasteiger partial charge in [-0.1, -0.05) is 0 Å². The molecule has 0 bridgehead atoms. The van der Waals surface area contributed by atoms with Crippen LogP contribution in [0.1, 0.15) is 18.5 Å². The predicted molar refractivity (Wildman–Crippen MR) is 69.3 cm³/mol. The molecule has 2 rings (SSSR count). The number of aliphatic carboxylic acids is 1. The minimum atomic E-state index is -0.806. The number of carbonyl (C=O) groups excluding carboxylic acids is 1. The lowest BCUT2D eigenvalue weighted by Crippen LogP contribution is -2.30. The van der Waals surface area contributed by atoms with E-state index in [9.17, 15) is 9.59 Å². The number of nitrogen functional groups attached to an aromatic ring is 1. The zero-order valence-electron chi connectivity index (χ0n) is 10.6. The number of rotatable bonds is 4. The van der Waals surface area contributed by atoms with Gasteiger partial charge in [-0.2, -0.15) is 0 Å². The molecule has 0 spiro atoms. The van der Waals surface area contributed by atoms with Gasteiger partial charge in [0.15, 0.2) is 0 Å². The van der Waals surface area contributed by atoms with Gasteiger partial charge >= 0.3 is 5.97 Å². The average Bonchev–Trinajstić information content (AvgIpc) is 2.80. The van der Waals surface area contributed by atoms with Crippen molar-refractivity contribution in [3.05, 3.63) is 24.0 Å². The monoisotopic (exact) mass is 263 g/mol. The molecule has 1 amide bonds. The van der Waals surface area contributed by atoms with Gasteiger partial charge in [0.2, 0.25) is 5.91 Å². The highest BCUT2D eigenvalue weighted by Crippen LogP contribution is 2.20. The van der Waals surface area contributed by atoms with Crippen LogP contribution in [-0.2, 0) is 16.0 Å². The third-order valence-corrected chi connectivity index (χ3v) is 3.28. The molecular formula is C13H17N3O3. The maximum absolute atomic E-state index is 12.0. The SMILES string of the molecule is Nc1ccc(CC(=O)N2CCC(CC(=O)O)C2)nc1. The first kappa shape index (κ1) is 13.3. The Balaban J connectivity index is 1.87. The van der Waals surface area contributed by atoms with Gasteiger partial charge in [0.25, 0.3) is 0 Å². The molecule has 1 fully saturated rings. The van der Waals surface area contributed by atoms with Crippen LogP contribution < -0.4 is 5.73 Å². The molecule has 0 aliphatic carbocycles. The number of amides is 1. The largest absolute Gasteiger partial charge is 0.481 e. The van der Waals surface area contributed by atoms with E-state index in [-0.39, 0.29) is 24.7 Å². The third-order valence-electron chi connectivity index (χ3n) is 3.28. The summed E-state index contributed by atoms with van der Waals surface area (Å²) in [6.07, 6.45) is 2.65. The summed E-state index contributed by atoms with van der Waals surface area (Å²) >= 11 is 0. The molecule has 0 saturated carbocycles. The number of anilines is 1. The van der Waals surface area contributed by atoms with Crippen molar-refractivity contribution in [2.24, 2.45) is 5.92 Å². The van der Waals surface area contributed by atoms with Crippen molar-refractivity contribution in [2.45, 2.75) is 19.3 Å². The van der Waals surface area contributed by atoms with Crippen LogP contribution >= 0.6 is 0 Å². The quantitative estimate of drug-likeness (QED) is 0.826. The number of nitrogens with zero attached hydrogens (tertiary/aromatic N) is 2. The van der Waals surface area contributed by atoms with E-state index in [1.54, 1.807) is 17.0 Å². The van der Waals surface area contributed by atoms with Gasteiger partial charge in [-0.05, 0) is 24.5 Å². The molecule has 102 valence electrons. The molecule has 1 aliphatic heterocycles. The van der Waals surface area contributed by atoms with Gasteiger partial charge in [-0.3, -0.25) is 14.6 Å². The number of nitrogens with two attached hydrogens (primary N) is 1. The Labute approximate surface area is 111 Å². The van der Waals surface area contributed by atoms with Crippen molar-refractivity contribution >= 4 is 17.6 Å². The van der Waals surface area contributed by atoms with Crippen LogP contribution in [-0.4, -0.2) is 40.0 Å². The van der Waals surface area contributed by atoms with E-state index in [1.807, 2.05) is 0 Å². The lowest BCUT2D eigenvalue weighted by molar-refractivity contribution is -0.138. The molecule has 1 aromatic rings. The van der Waals surface area contributed by atoms with Gasteiger partial charge in [0, 0.05) is 25.2 Å². The number of carboxylic acid groups (broad SMARTS) is 1. The lowest BCUT2D eigenvalue weighted by atomic mass is 10.1. The highest BCUT2D eigenvalue weighted by Gasteiger charge is 2.27. The van der Waals surface area contributed by atoms with Gasteiger partial charge in [0.05, 0.1) is 18.3 Å². The first-order valence-corrected chi connectivity index (χ1v) is 6.24. The van der Waals surface area contributed by atoms with Crippen molar-refractivity contribution in [2.75, 3.05) is 18.8 Å². The number of carboxylic acids is 1. The van der Waals surface area contributed by atoms with Crippen LogP contribution in [0.25, 0.3) is 0 Å². The predicted octanol–water partition coefficient (Wildman–Crippen LogP) is 0.529. The van der Waals surface area contributed by atoms with Crippen LogP contribution in [0.15, 0.2) is 18.3 Å². The number of hydrogen-bond donors (Lipinski definition) is 2. The number of hydrogen-bond acceptors (Lipinski definition) is 4. The smallest absolute Gasteiger partial charge is 0.303 e. The maximum atomic E-state index is 12.0. The first-order valence-electron chi connectivity index (χ1n) is 6.24. The summed E-state index contributed by atoms with van der Waals surface area (Å²) in [5.41, 5.74) is 6.78. The Bertz CT molecular complexity index is 473. The summed E-state index contributed by atoms with van der Waals surface area (Å²) in [5, 5.41) is 8.73. The molecule has 6 nitrogen and oxygen atoms in total. The van der Waals surface area contributed by atoms with Crippen LogP contribution in [0.2, 0.25) is 0 Å². The normalized spacial score (nSPS) is 18.5. The molecule has 1 atom stereocenters. The second kappa shape index (κ2) is 5.69. The van der Waals surface area contributed by atoms with Gasteiger partial charge in [0.1, 0.15) is 0 Å². The average molecular weight is 263 g/mol. The van der Waals surface area contributed by atoms with E-state index in [0.717, 1.165) is 6.42 Å². The van der Waals surface area contributed by atoms with E-state index >= 15 is 0 Å². The molecule has 19 heavy (non-hydrogen) atoms. The van der Waals surface area contributed by atoms with Crippen LogP contribution in [0.5, 0.6) is 0 Å². The highest BCUT2D eigenvalue weighted by atomic mass is 16.4. The fourth-order valence-corrected chi connectivity index (χ4v) is 2.28. The van der Waals surface area contributed by atoms with Crippen molar-refractivity contribution in [1.82, 2.24) is 9.88 Å². The Kier molecular flexibility index (Phi) is 3.99. The van der Waals surface area contributed by atoms with Gasteiger partial charge in [-0.15, -0.1) is 0 Å². The number of carbonyl (C=O) groups is 2. The number of pyridine rings is 1. The van der Waals surface area contributed by atoms with E-state index in [2.05, 4.69) is 4.98 Å². The van der Waals surface area contributed by atoms with Crippen molar-refractivity contribution in [1.29, 1.82) is 0 Å². The fourth-order valence-electron chi connectivity index (χ4n) is 2.28. The van der Waals surface area contributed by atoms with Gasteiger partial charge < -0.3 is 15.7 Å². The molecule has 1 aliphatic rings. The first-order chi connectivity index (χ1) is 9.04. The van der Waals surface area contributed by atoms with E-state index in [4.69, 9.17) is 10.8 Å². The summed E-state index contributed by atoms with van der Waals surface area (Å²) < 4.78 is 0. The summed E-state index contributed by atoms with van der Waals surface area (Å²) in [4.78, 5) is 28.5. The second-order valence-electron chi connectivity index (χ2n) is 4.85. The number of likely N-dealkylation sites (tertiary alicyclic amines) is 1. The topological polar surface area (TPSA) is 96.5 Å². The van der Waals surface area contributed by atoms with Crippen LogP contribution in [0, 0.1) is 5.92 Å². The Morgan fingerprint density at radius 1 is 1.47 bits per heavy atom. The molecule has 0 aromatic carbocycles. The van der Waals surface area contributed by atoms with E-state index < -0.39 is 5.97 Å². The number of aromatic nitrogens is 1. The third kappa shape index (κ3) is 3.67. The Hall–Kier alpha value is -2.11. The summed E-state index contributed by atoms with van der Waals surface area (Å²) in [7, 11) is 0. The Morgan fingerprint density at radius 2 is 2.26 bits per heavy atom. The van der Waals surface area contributed by atoms with Crippen molar-refractivity contribution in [3.8, 4) is 0 Å². The lowest BCUT2D eigenvalue weighted by Gasteiger charge is -2.16. The second-order valence-corrected chi connectivity index (χ2v) is 4.85. The molecule has 3 N–H and O–H groups in total. The molecule has 0 radical (unpaired) electrons. The minimum absolute atomic E-state index is 0.00911. The van der Waals surface area contributed by atoms with Crippen molar-refractivity contribution in [3.63, 3.8) is 0 Å². The molecular weight excluding hydrogens is 246 g/mol. The highest BCUT2D eigenvalue weighted by molar-refractivity contribution is 5.78.